The fourth-order valence-corrected chi connectivity index (χ4v) is 5.36. The first-order chi connectivity index (χ1) is 15.3. The molecule has 3 heterocycles. The van der Waals surface area contributed by atoms with Crippen molar-refractivity contribution in [3.63, 3.8) is 0 Å². The SMILES string of the molecule is O=C(Cc1ccccc1)N1CC[C@H]2[C@H](CCCN2Cc2ccccc2-c2ccco2)C1. The van der Waals surface area contributed by atoms with Gasteiger partial charge in [0.2, 0.25) is 5.91 Å². The number of fused-ring (bicyclic) bond motifs is 1. The van der Waals surface area contributed by atoms with Crippen molar-refractivity contribution < 1.29 is 9.21 Å². The standard InChI is InChI=1S/C27H30N2O2/c30-27(18-21-8-2-1-3-9-21)29-16-14-25-23(20-29)11-6-15-28(25)19-22-10-4-5-12-24(22)26-13-7-17-31-26/h1-5,7-10,12-13,17,23,25H,6,11,14-16,18-20H2/t23-,25+/m1/s1. The molecule has 0 N–H and O–H groups in total. The highest BCUT2D eigenvalue weighted by molar-refractivity contribution is 5.78. The summed E-state index contributed by atoms with van der Waals surface area (Å²) in [6.45, 7) is 3.83. The van der Waals surface area contributed by atoms with E-state index >= 15 is 0 Å². The van der Waals surface area contributed by atoms with Crippen LogP contribution in [0.5, 0.6) is 0 Å². The number of hydrogen-bond acceptors (Lipinski definition) is 3. The Bertz CT molecular complexity index is 999. The molecule has 0 spiro atoms. The summed E-state index contributed by atoms with van der Waals surface area (Å²) in [6.07, 6.45) is 5.73. The first kappa shape index (κ1) is 20.1. The van der Waals surface area contributed by atoms with E-state index in [1.807, 2.05) is 42.5 Å². The van der Waals surface area contributed by atoms with E-state index in [9.17, 15) is 4.79 Å². The second-order valence-corrected chi connectivity index (χ2v) is 8.87. The number of furan rings is 1. The van der Waals surface area contributed by atoms with Crippen LogP contribution in [0.3, 0.4) is 0 Å². The summed E-state index contributed by atoms with van der Waals surface area (Å²) in [5.41, 5.74) is 3.61. The lowest BCUT2D eigenvalue weighted by Crippen LogP contribution is -2.55. The van der Waals surface area contributed by atoms with Gasteiger partial charge >= 0.3 is 0 Å². The minimum absolute atomic E-state index is 0.268. The molecule has 1 amide bonds. The smallest absolute Gasteiger partial charge is 0.227 e. The number of nitrogens with zero attached hydrogens (tertiary/aromatic N) is 2. The molecule has 0 bridgehead atoms. The highest BCUT2D eigenvalue weighted by Gasteiger charge is 2.37. The molecule has 1 aromatic heterocycles. The topological polar surface area (TPSA) is 36.7 Å². The molecule has 4 heteroatoms. The van der Waals surface area contributed by atoms with Crippen molar-refractivity contribution in [3.8, 4) is 11.3 Å². The quantitative estimate of drug-likeness (QED) is 0.589. The molecular weight excluding hydrogens is 384 g/mol. The van der Waals surface area contributed by atoms with E-state index < -0.39 is 0 Å². The van der Waals surface area contributed by atoms with Crippen LogP contribution in [0, 0.1) is 5.92 Å². The fourth-order valence-electron chi connectivity index (χ4n) is 5.36. The van der Waals surface area contributed by atoms with Crippen molar-refractivity contribution in [2.75, 3.05) is 19.6 Å². The van der Waals surface area contributed by atoms with E-state index in [0.717, 1.165) is 43.9 Å². The first-order valence-electron chi connectivity index (χ1n) is 11.5. The molecule has 0 saturated carbocycles. The lowest BCUT2D eigenvalue weighted by atomic mass is 9.83. The molecule has 2 aliphatic heterocycles. The van der Waals surface area contributed by atoms with Crippen LogP contribution in [0.15, 0.2) is 77.4 Å². The molecule has 0 unspecified atom stereocenters. The fraction of sp³-hybridized carbons (Fsp3) is 0.370. The predicted molar refractivity (Wildman–Crippen MR) is 122 cm³/mol. The zero-order valence-corrected chi connectivity index (χ0v) is 18.0. The normalized spacial score (nSPS) is 21.6. The number of benzene rings is 2. The minimum Gasteiger partial charge on any atom is -0.464 e. The summed E-state index contributed by atoms with van der Waals surface area (Å²) in [5.74, 6) is 1.77. The molecule has 3 aromatic rings. The van der Waals surface area contributed by atoms with Gasteiger partial charge in [-0.25, -0.2) is 0 Å². The van der Waals surface area contributed by atoms with Crippen LogP contribution in [0.25, 0.3) is 11.3 Å². The molecule has 2 fully saturated rings. The van der Waals surface area contributed by atoms with Crippen LogP contribution in [-0.2, 0) is 17.8 Å². The van der Waals surface area contributed by atoms with Gasteiger partial charge < -0.3 is 9.32 Å². The summed E-state index contributed by atoms with van der Waals surface area (Å²) in [4.78, 5) is 17.6. The zero-order chi connectivity index (χ0) is 21.0. The minimum atomic E-state index is 0.268. The largest absolute Gasteiger partial charge is 0.464 e. The van der Waals surface area contributed by atoms with Gasteiger partial charge in [-0.05, 0) is 55.0 Å². The third-order valence-corrected chi connectivity index (χ3v) is 6.91. The van der Waals surface area contributed by atoms with Gasteiger partial charge in [-0.3, -0.25) is 9.69 Å². The van der Waals surface area contributed by atoms with Crippen molar-refractivity contribution in [1.29, 1.82) is 0 Å². The van der Waals surface area contributed by atoms with Crippen LogP contribution in [-0.4, -0.2) is 41.4 Å². The predicted octanol–water partition coefficient (Wildman–Crippen LogP) is 5.00. The molecule has 5 rings (SSSR count). The number of rotatable bonds is 5. The Morgan fingerprint density at radius 1 is 0.935 bits per heavy atom. The van der Waals surface area contributed by atoms with Crippen LogP contribution in [0.4, 0.5) is 0 Å². The third kappa shape index (κ3) is 4.45. The Kier molecular flexibility index (Phi) is 5.90. The number of likely N-dealkylation sites (tertiary alicyclic amines) is 2. The number of amides is 1. The Morgan fingerprint density at radius 3 is 2.61 bits per heavy atom. The van der Waals surface area contributed by atoms with Crippen molar-refractivity contribution in [3.05, 3.63) is 84.1 Å². The average molecular weight is 415 g/mol. The average Bonchev–Trinajstić information content (AvgIpc) is 3.35. The van der Waals surface area contributed by atoms with E-state index in [-0.39, 0.29) is 5.91 Å². The Morgan fingerprint density at radius 2 is 1.77 bits per heavy atom. The lowest BCUT2D eigenvalue weighted by molar-refractivity contribution is -0.134. The maximum Gasteiger partial charge on any atom is 0.227 e. The highest BCUT2D eigenvalue weighted by atomic mass is 16.3. The van der Waals surface area contributed by atoms with Crippen molar-refractivity contribution >= 4 is 5.91 Å². The van der Waals surface area contributed by atoms with Crippen LogP contribution >= 0.6 is 0 Å². The number of hydrogen-bond donors (Lipinski definition) is 0. The second kappa shape index (κ2) is 9.11. The van der Waals surface area contributed by atoms with Crippen molar-refractivity contribution in [1.82, 2.24) is 9.80 Å². The van der Waals surface area contributed by atoms with E-state index in [0.29, 0.717) is 18.4 Å². The Labute approximate surface area is 184 Å². The van der Waals surface area contributed by atoms with Gasteiger partial charge in [0.25, 0.3) is 0 Å². The number of carbonyl (C=O) groups excluding carboxylic acids is 1. The summed E-state index contributed by atoms with van der Waals surface area (Å²) in [6, 6.07) is 23.2. The monoisotopic (exact) mass is 414 g/mol. The van der Waals surface area contributed by atoms with Gasteiger partial charge in [-0.1, -0.05) is 54.6 Å². The third-order valence-electron chi connectivity index (χ3n) is 6.91. The van der Waals surface area contributed by atoms with Gasteiger partial charge in [0.05, 0.1) is 12.7 Å². The number of piperidine rings is 2. The van der Waals surface area contributed by atoms with E-state index in [2.05, 4.69) is 34.1 Å². The summed E-state index contributed by atoms with van der Waals surface area (Å²) in [5, 5.41) is 0. The zero-order valence-electron chi connectivity index (χ0n) is 18.0. The highest BCUT2D eigenvalue weighted by Crippen LogP contribution is 2.33. The van der Waals surface area contributed by atoms with Crippen LogP contribution in [0.1, 0.15) is 30.4 Å². The molecule has 2 atom stereocenters. The van der Waals surface area contributed by atoms with Crippen LogP contribution in [0.2, 0.25) is 0 Å². The molecule has 31 heavy (non-hydrogen) atoms. The van der Waals surface area contributed by atoms with Gasteiger partial charge in [-0.15, -0.1) is 0 Å². The summed E-state index contributed by atoms with van der Waals surface area (Å²) < 4.78 is 5.68. The van der Waals surface area contributed by atoms with E-state index in [1.165, 1.54) is 24.0 Å². The molecule has 0 radical (unpaired) electrons. The van der Waals surface area contributed by atoms with Gasteiger partial charge in [0.15, 0.2) is 0 Å². The maximum absolute atomic E-state index is 12.9. The summed E-state index contributed by atoms with van der Waals surface area (Å²) >= 11 is 0. The van der Waals surface area contributed by atoms with E-state index in [4.69, 9.17) is 4.42 Å². The molecule has 2 aromatic carbocycles. The number of carbonyl (C=O) groups is 1. The first-order valence-corrected chi connectivity index (χ1v) is 11.5. The maximum atomic E-state index is 12.9. The van der Waals surface area contributed by atoms with E-state index in [1.54, 1.807) is 6.26 Å². The Balaban J connectivity index is 1.26. The van der Waals surface area contributed by atoms with Gasteiger partial charge in [0.1, 0.15) is 5.76 Å². The second-order valence-electron chi connectivity index (χ2n) is 8.87. The van der Waals surface area contributed by atoms with Gasteiger partial charge in [-0.2, -0.15) is 0 Å². The molecule has 2 aliphatic rings. The van der Waals surface area contributed by atoms with Gasteiger partial charge in [0, 0.05) is 31.2 Å². The molecule has 160 valence electrons. The molecule has 0 aliphatic carbocycles. The van der Waals surface area contributed by atoms with Crippen molar-refractivity contribution in [2.45, 2.75) is 38.3 Å². The molecular formula is C27H30N2O2. The van der Waals surface area contributed by atoms with Crippen molar-refractivity contribution in [2.24, 2.45) is 5.92 Å². The lowest BCUT2D eigenvalue weighted by Gasteiger charge is -2.47. The Hall–Kier alpha value is -2.85. The molecule has 2 saturated heterocycles. The van der Waals surface area contributed by atoms with Crippen LogP contribution < -0.4 is 0 Å². The summed E-state index contributed by atoms with van der Waals surface area (Å²) in [7, 11) is 0. The molecule has 4 nitrogen and oxygen atoms in total.